The molecule has 0 saturated carbocycles. The van der Waals surface area contributed by atoms with E-state index in [1.54, 1.807) is 24.3 Å². The molecule has 6 heteroatoms. The standard InChI is InChI=1S/C15H15BrN2O2S/c1-9-7-10(8-14(19)17-9)15(20)18-6-2-3-11(18)12-4-5-13(16)21-12/h4-5,7-8,11H,2-3,6H2,1H3,(H,17,19). The summed E-state index contributed by atoms with van der Waals surface area (Å²) >= 11 is 5.13. The van der Waals surface area contributed by atoms with Gasteiger partial charge in [-0.25, -0.2) is 0 Å². The van der Waals surface area contributed by atoms with E-state index in [-0.39, 0.29) is 17.5 Å². The highest BCUT2D eigenvalue weighted by Crippen LogP contribution is 2.38. The molecule has 21 heavy (non-hydrogen) atoms. The Morgan fingerprint density at radius 2 is 2.24 bits per heavy atom. The zero-order valence-corrected chi connectivity index (χ0v) is 14.0. The Morgan fingerprint density at radius 3 is 2.90 bits per heavy atom. The first-order valence-electron chi connectivity index (χ1n) is 6.82. The number of nitrogens with one attached hydrogen (secondary N) is 1. The van der Waals surface area contributed by atoms with Crippen molar-refractivity contribution in [3.8, 4) is 0 Å². The molecular weight excluding hydrogens is 352 g/mol. The molecule has 1 fully saturated rings. The summed E-state index contributed by atoms with van der Waals surface area (Å²) in [5, 5.41) is 0. The minimum absolute atomic E-state index is 0.0591. The summed E-state index contributed by atoms with van der Waals surface area (Å²) in [4.78, 5) is 30.0. The number of nitrogens with zero attached hydrogens (tertiary/aromatic N) is 1. The lowest BCUT2D eigenvalue weighted by Gasteiger charge is -2.24. The molecule has 110 valence electrons. The van der Waals surface area contributed by atoms with Crippen molar-refractivity contribution in [1.29, 1.82) is 0 Å². The van der Waals surface area contributed by atoms with Crippen molar-refractivity contribution in [3.63, 3.8) is 0 Å². The molecule has 0 radical (unpaired) electrons. The number of thiophene rings is 1. The third-order valence-electron chi connectivity index (χ3n) is 3.66. The summed E-state index contributed by atoms with van der Waals surface area (Å²) in [6, 6.07) is 7.32. The molecule has 1 unspecified atom stereocenters. The van der Waals surface area contributed by atoms with Gasteiger partial charge in [-0.3, -0.25) is 9.59 Å². The van der Waals surface area contributed by atoms with Crippen LogP contribution in [0.1, 0.15) is 39.8 Å². The zero-order valence-electron chi connectivity index (χ0n) is 11.6. The van der Waals surface area contributed by atoms with Crippen LogP contribution in [0.5, 0.6) is 0 Å². The number of H-pyrrole nitrogens is 1. The van der Waals surface area contributed by atoms with Gasteiger partial charge in [0.2, 0.25) is 5.56 Å². The number of carbonyl (C=O) groups excluding carboxylic acids is 1. The maximum absolute atomic E-state index is 12.7. The van der Waals surface area contributed by atoms with Crippen LogP contribution in [-0.4, -0.2) is 22.3 Å². The number of hydrogen-bond acceptors (Lipinski definition) is 3. The van der Waals surface area contributed by atoms with E-state index >= 15 is 0 Å². The number of aromatic amines is 1. The van der Waals surface area contributed by atoms with Crippen molar-refractivity contribution in [1.82, 2.24) is 9.88 Å². The van der Waals surface area contributed by atoms with Crippen molar-refractivity contribution >= 4 is 33.2 Å². The van der Waals surface area contributed by atoms with Gasteiger partial charge in [-0.1, -0.05) is 0 Å². The molecule has 0 aromatic carbocycles. The lowest BCUT2D eigenvalue weighted by molar-refractivity contribution is 0.0737. The largest absolute Gasteiger partial charge is 0.331 e. The molecule has 2 aromatic rings. The lowest BCUT2D eigenvalue weighted by atomic mass is 10.1. The van der Waals surface area contributed by atoms with E-state index in [9.17, 15) is 9.59 Å². The van der Waals surface area contributed by atoms with Crippen LogP contribution in [0.4, 0.5) is 0 Å². The van der Waals surface area contributed by atoms with E-state index in [2.05, 4.69) is 27.0 Å². The zero-order chi connectivity index (χ0) is 15.0. The summed E-state index contributed by atoms with van der Waals surface area (Å²) in [6.07, 6.45) is 1.97. The highest BCUT2D eigenvalue weighted by Gasteiger charge is 2.31. The van der Waals surface area contributed by atoms with Crippen molar-refractivity contribution in [3.05, 3.63) is 54.5 Å². The number of rotatable bonds is 2. The van der Waals surface area contributed by atoms with E-state index < -0.39 is 0 Å². The maximum atomic E-state index is 12.7. The molecular formula is C15H15BrN2O2S. The molecule has 1 N–H and O–H groups in total. The molecule has 0 aliphatic carbocycles. The van der Waals surface area contributed by atoms with Gasteiger partial charge in [-0.05, 0) is 53.9 Å². The van der Waals surface area contributed by atoms with Crippen molar-refractivity contribution in [2.75, 3.05) is 6.54 Å². The average Bonchev–Trinajstić information content (AvgIpc) is 3.04. The fraction of sp³-hybridized carbons (Fsp3) is 0.333. The van der Waals surface area contributed by atoms with Gasteiger partial charge in [0.15, 0.2) is 0 Å². The number of hydrogen-bond donors (Lipinski definition) is 1. The summed E-state index contributed by atoms with van der Waals surface area (Å²) in [5.74, 6) is -0.0591. The molecule has 0 bridgehead atoms. The molecule has 1 aliphatic rings. The predicted octanol–water partition coefficient (Wildman–Crippen LogP) is 3.48. The Hall–Kier alpha value is -1.40. The Balaban J connectivity index is 1.91. The van der Waals surface area contributed by atoms with Crippen molar-refractivity contribution in [2.24, 2.45) is 0 Å². The smallest absolute Gasteiger partial charge is 0.254 e. The van der Waals surface area contributed by atoms with Crippen LogP contribution in [0, 0.1) is 6.92 Å². The minimum atomic E-state index is -0.229. The molecule has 0 spiro atoms. The molecule has 3 rings (SSSR count). The number of aryl methyl sites for hydroxylation is 1. The second-order valence-electron chi connectivity index (χ2n) is 5.21. The fourth-order valence-corrected chi connectivity index (χ4v) is 4.36. The third kappa shape index (κ3) is 2.96. The number of aromatic nitrogens is 1. The molecule has 3 heterocycles. The number of likely N-dealkylation sites (tertiary alicyclic amines) is 1. The number of amides is 1. The predicted molar refractivity (Wildman–Crippen MR) is 86.8 cm³/mol. The third-order valence-corrected chi connectivity index (χ3v) is 5.39. The number of halogens is 1. The summed E-state index contributed by atoms with van der Waals surface area (Å²) in [6.45, 7) is 2.53. The van der Waals surface area contributed by atoms with Crippen LogP contribution in [-0.2, 0) is 0 Å². The van der Waals surface area contributed by atoms with E-state index in [1.807, 2.05) is 11.0 Å². The molecule has 1 amide bonds. The Morgan fingerprint density at radius 1 is 1.43 bits per heavy atom. The average molecular weight is 367 g/mol. The van der Waals surface area contributed by atoms with Crippen LogP contribution in [0.3, 0.4) is 0 Å². The van der Waals surface area contributed by atoms with Gasteiger partial charge in [0.1, 0.15) is 0 Å². The minimum Gasteiger partial charge on any atom is -0.331 e. The van der Waals surface area contributed by atoms with Gasteiger partial charge in [-0.2, -0.15) is 0 Å². The number of pyridine rings is 1. The number of carbonyl (C=O) groups is 1. The molecule has 1 aliphatic heterocycles. The topological polar surface area (TPSA) is 53.2 Å². The van der Waals surface area contributed by atoms with E-state index in [0.29, 0.717) is 11.3 Å². The van der Waals surface area contributed by atoms with Gasteiger partial charge >= 0.3 is 0 Å². The SMILES string of the molecule is Cc1cc(C(=O)N2CCCC2c2ccc(Br)s2)cc(=O)[nH]1. The maximum Gasteiger partial charge on any atom is 0.254 e. The lowest BCUT2D eigenvalue weighted by Crippen LogP contribution is -2.31. The fourth-order valence-electron chi connectivity index (χ4n) is 2.78. The van der Waals surface area contributed by atoms with Crippen LogP contribution in [0.25, 0.3) is 0 Å². The first-order valence-corrected chi connectivity index (χ1v) is 8.43. The van der Waals surface area contributed by atoms with Crippen molar-refractivity contribution in [2.45, 2.75) is 25.8 Å². The van der Waals surface area contributed by atoms with Crippen molar-refractivity contribution < 1.29 is 4.79 Å². The van der Waals surface area contributed by atoms with Gasteiger partial charge in [0, 0.05) is 28.7 Å². The first kappa shape index (κ1) is 14.5. The Labute approximate surface area is 134 Å². The van der Waals surface area contributed by atoms with Crippen LogP contribution >= 0.6 is 27.3 Å². The van der Waals surface area contributed by atoms with Crippen LogP contribution in [0.15, 0.2) is 32.8 Å². The molecule has 1 saturated heterocycles. The molecule has 4 nitrogen and oxygen atoms in total. The van der Waals surface area contributed by atoms with Crippen LogP contribution < -0.4 is 5.56 Å². The van der Waals surface area contributed by atoms with Gasteiger partial charge < -0.3 is 9.88 Å². The normalized spacial score (nSPS) is 18.2. The van der Waals surface area contributed by atoms with Crippen LogP contribution in [0.2, 0.25) is 0 Å². The van der Waals surface area contributed by atoms with Gasteiger partial charge in [-0.15, -0.1) is 11.3 Å². The second-order valence-corrected chi connectivity index (χ2v) is 7.71. The van der Waals surface area contributed by atoms with Gasteiger partial charge in [0.05, 0.1) is 9.83 Å². The second kappa shape index (κ2) is 5.77. The van der Waals surface area contributed by atoms with E-state index in [1.165, 1.54) is 10.9 Å². The highest BCUT2D eigenvalue weighted by atomic mass is 79.9. The summed E-state index contributed by atoms with van der Waals surface area (Å²) in [5.41, 5.74) is 0.951. The van der Waals surface area contributed by atoms with E-state index in [0.717, 1.165) is 23.2 Å². The molecule has 2 aromatic heterocycles. The monoisotopic (exact) mass is 366 g/mol. The summed E-state index contributed by atoms with van der Waals surface area (Å²) in [7, 11) is 0. The Bertz CT molecular complexity index is 737. The highest BCUT2D eigenvalue weighted by molar-refractivity contribution is 9.11. The summed E-state index contributed by atoms with van der Waals surface area (Å²) < 4.78 is 1.07. The van der Waals surface area contributed by atoms with Gasteiger partial charge in [0.25, 0.3) is 5.91 Å². The Kier molecular flexibility index (Phi) is 3.99. The quantitative estimate of drug-likeness (QED) is 0.884. The molecule has 1 atom stereocenters. The van der Waals surface area contributed by atoms with E-state index in [4.69, 9.17) is 0 Å². The first-order chi connectivity index (χ1) is 10.0.